The van der Waals surface area contributed by atoms with Crippen molar-refractivity contribution < 1.29 is 31.1 Å². The molecule has 1 fully saturated rings. The summed E-state index contributed by atoms with van der Waals surface area (Å²) in [6, 6.07) is 9.43. The van der Waals surface area contributed by atoms with Gasteiger partial charge in [0, 0.05) is 11.1 Å². The van der Waals surface area contributed by atoms with Gasteiger partial charge in [-0.3, -0.25) is 4.79 Å². The number of rotatable bonds is 2. The Bertz CT molecular complexity index is 1020. The number of ketones is 1. The van der Waals surface area contributed by atoms with Crippen LogP contribution in [0.3, 0.4) is 0 Å². The zero-order valence-corrected chi connectivity index (χ0v) is 18.4. The topological polar surface area (TPSA) is 17.1 Å². The average molecular weight is 466 g/mol. The Morgan fingerprint density at radius 2 is 1.12 bits per heavy atom. The van der Waals surface area contributed by atoms with E-state index in [2.05, 4.69) is 0 Å². The highest BCUT2D eigenvalue weighted by atomic mass is 19.4. The number of carbonyl (C=O) groups excluding carboxylic acids is 1. The van der Waals surface area contributed by atoms with Crippen LogP contribution < -0.4 is 0 Å². The van der Waals surface area contributed by atoms with Crippen LogP contribution in [0.25, 0.3) is 12.2 Å². The average Bonchev–Trinajstić information content (AvgIpc) is 2.69. The molecule has 1 nitrogen and oxygen atoms in total. The molecule has 0 spiro atoms. The maximum Gasteiger partial charge on any atom is 0.416 e. The second kappa shape index (κ2) is 8.84. The first kappa shape index (κ1) is 24.8. The highest BCUT2D eigenvalue weighted by Gasteiger charge is 2.35. The van der Waals surface area contributed by atoms with Crippen molar-refractivity contribution in [1.29, 1.82) is 0 Å². The summed E-state index contributed by atoms with van der Waals surface area (Å²) in [6.07, 6.45) is -5.36. The normalized spacial score (nSPS) is 20.5. The van der Waals surface area contributed by atoms with Gasteiger partial charge in [0.15, 0.2) is 5.78 Å². The van der Waals surface area contributed by atoms with Crippen LogP contribution >= 0.6 is 0 Å². The summed E-state index contributed by atoms with van der Waals surface area (Å²) in [5, 5.41) is 0. The fourth-order valence-electron chi connectivity index (χ4n) is 3.87. The maximum atomic E-state index is 13.2. The fourth-order valence-corrected chi connectivity index (χ4v) is 3.87. The van der Waals surface area contributed by atoms with Gasteiger partial charge in [-0.2, -0.15) is 26.3 Å². The van der Waals surface area contributed by atoms with Gasteiger partial charge in [0.05, 0.1) is 11.1 Å². The molecule has 1 aliphatic rings. The SMILES string of the molecule is CC(C)(C)C1C/C(=C\c2cccc(C(F)(F)F)c2)C(=O)/C(=C/c2cccc(C(F)(F)F)c2)C1. The molecule has 0 heterocycles. The molecule has 0 aliphatic heterocycles. The van der Waals surface area contributed by atoms with E-state index >= 15 is 0 Å². The number of carbonyl (C=O) groups is 1. The largest absolute Gasteiger partial charge is 0.416 e. The minimum Gasteiger partial charge on any atom is -0.289 e. The van der Waals surface area contributed by atoms with E-state index in [1.165, 1.54) is 36.4 Å². The van der Waals surface area contributed by atoms with Gasteiger partial charge in [-0.1, -0.05) is 45.0 Å². The second-order valence-electron chi connectivity index (χ2n) is 9.39. The van der Waals surface area contributed by atoms with Crippen LogP contribution in [-0.4, -0.2) is 5.78 Å². The minimum absolute atomic E-state index is 0.00991. The molecular weight excluding hydrogens is 442 g/mol. The molecule has 2 aromatic carbocycles. The molecule has 0 atom stereocenters. The number of alkyl halides is 6. The summed E-state index contributed by atoms with van der Waals surface area (Å²) < 4.78 is 78.5. The van der Waals surface area contributed by atoms with E-state index in [9.17, 15) is 31.1 Å². The lowest BCUT2D eigenvalue weighted by Crippen LogP contribution is -2.29. The van der Waals surface area contributed by atoms with E-state index in [0.717, 1.165) is 24.3 Å². The summed E-state index contributed by atoms with van der Waals surface area (Å²) in [5.41, 5.74) is -0.653. The van der Waals surface area contributed by atoms with Gasteiger partial charge in [0.25, 0.3) is 0 Å². The molecule has 0 bridgehead atoms. The molecule has 176 valence electrons. The van der Waals surface area contributed by atoms with Gasteiger partial charge < -0.3 is 0 Å². The van der Waals surface area contributed by atoms with Gasteiger partial charge in [0.2, 0.25) is 0 Å². The van der Waals surface area contributed by atoms with Crippen molar-refractivity contribution in [2.45, 2.75) is 46.0 Å². The standard InChI is InChI=1S/C26H24F6O/c1-24(2,3)22-14-18(10-16-6-4-8-20(12-16)25(27,28)29)23(33)19(15-22)11-17-7-5-9-21(13-17)26(30,31)32/h4-13,22H,14-15H2,1-3H3/b18-10+,19-11+. The monoisotopic (exact) mass is 466 g/mol. The van der Waals surface area contributed by atoms with Gasteiger partial charge in [-0.25, -0.2) is 0 Å². The molecule has 3 rings (SSSR count). The zero-order chi connectivity index (χ0) is 24.6. The molecule has 7 heteroatoms. The van der Waals surface area contributed by atoms with E-state index in [1.807, 2.05) is 20.8 Å². The smallest absolute Gasteiger partial charge is 0.289 e. The third-order valence-corrected chi connectivity index (χ3v) is 5.85. The minimum atomic E-state index is -4.51. The Labute approximate surface area is 188 Å². The van der Waals surface area contributed by atoms with Crippen LogP contribution in [0, 0.1) is 11.3 Å². The van der Waals surface area contributed by atoms with Gasteiger partial charge in [-0.15, -0.1) is 0 Å². The van der Waals surface area contributed by atoms with Crippen LogP contribution in [0.15, 0.2) is 59.7 Å². The molecule has 0 unspecified atom stereocenters. The number of hydrogen-bond donors (Lipinski definition) is 0. The molecule has 33 heavy (non-hydrogen) atoms. The first-order valence-corrected chi connectivity index (χ1v) is 10.4. The number of hydrogen-bond acceptors (Lipinski definition) is 1. The van der Waals surface area contributed by atoms with Crippen LogP contribution in [0.5, 0.6) is 0 Å². The van der Waals surface area contributed by atoms with Crippen molar-refractivity contribution in [3.05, 3.63) is 81.9 Å². The fraction of sp³-hybridized carbons (Fsp3) is 0.346. The number of benzene rings is 2. The van der Waals surface area contributed by atoms with Crippen LogP contribution in [0.1, 0.15) is 55.9 Å². The Balaban J connectivity index is 2.04. The summed E-state index contributed by atoms with van der Waals surface area (Å²) in [7, 11) is 0. The Kier molecular flexibility index (Phi) is 6.65. The highest BCUT2D eigenvalue weighted by Crippen LogP contribution is 2.42. The molecule has 0 saturated heterocycles. The van der Waals surface area contributed by atoms with E-state index in [4.69, 9.17) is 0 Å². The molecule has 1 saturated carbocycles. The molecule has 0 aromatic heterocycles. The van der Waals surface area contributed by atoms with E-state index in [-0.39, 0.29) is 28.2 Å². The summed E-state index contributed by atoms with van der Waals surface area (Å²) in [6.45, 7) is 5.99. The Hall–Kier alpha value is -2.83. The molecule has 0 amide bonds. The van der Waals surface area contributed by atoms with Gasteiger partial charge >= 0.3 is 12.4 Å². The van der Waals surface area contributed by atoms with Gasteiger partial charge in [-0.05, 0) is 71.7 Å². The first-order chi connectivity index (χ1) is 15.1. The highest BCUT2D eigenvalue weighted by molar-refractivity contribution is 6.14. The van der Waals surface area contributed by atoms with E-state index in [0.29, 0.717) is 24.0 Å². The summed E-state index contributed by atoms with van der Waals surface area (Å²) in [4.78, 5) is 13.2. The van der Waals surface area contributed by atoms with Crippen LogP contribution in [-0.2, 0) is 17.1 Å². The second-order valence-corrected chi connectivity index (χ2v) is 9.39. The Morgan fingerprint density at radius 1 is 0.727 bits per heavy atom. The lowest BCUT2D eigenvalue weighted by Gasteiger charge is -2.35. The van der Waals surface area contributed by atoms with Crippen molar-refractivity contribution in [1.82, 2.24) is 0 Å². The van der Waals surface area contributed by atoms with Crippen molar-refractivity contribution in [3.8, 4) is 0 Å². The van der Waals surface area contributed by atoms with Crippen LogP contribution in [0.2, 0.25) is 0 Å². The molecule has 0 N–H and O–H groups in total. The summed E-state index contributed by atoms with van der Waals surface area (Å²) in [5.74, 6) is -0.366. The van der Waals surface area contributed by atoms with Crippen molar-refractivity contribution in [2.24, 2.45) is 11.3 Å². The van der Waals surface area contributed by atoms with E-state index < -0.39 is 23.5 Å². The number of Topliss-reactive ketones (excluding diaryl/α,β-unsaturated/α-hetero) is 1. The number of allylic oxidation sites excluding steroid dienone is 2. The number of halogens is 6. The van der Waals surface area contributed by atoms with Gasteiger partial charge in [0.1, 0.15) is 0 Å². The van der Waals surface area contributed by atoms with Crippen LogP contribution in [0.4, 0.5) is 26.3 Å². The molecule has 2 aromatic rings. The van der Waals surface area contributed by atoms with Crippen molar-refractivity contribution >= 4 is 17.9 Å². The maximum absolute atomic E-state index is 13.2. The Morgan fingerprint density at radius 3 is 1.45 bits per heavy atom. The third-order valence-electron chi connectivity index (χ3n) is 5.85. The lowest BCUT2D eigenvalue weighted by atomic mass is 9.68. The molecular formula is C26H24F6O. The molecule has 0 radical (unpaired) electrons. The first-order valence-electron chi connectivity index (χ1n) is 10.4. The molecule has 1 aliphatic carbocycles. The summed E-state index contributed by atoms with van der Waals surface area (Å²) >= 11 is 0. The quantitative estimate of drug-likeness (QED) is 0.322. The lowest BCUT2D eigenvalue weighted by molar-refractivity contribution is -0.138. The van der Waals surface area contributed by atoms with Crippen molar-refractivity contribution in [2.75, 3.05) is 0 Å². The zero-order valence-electron chi connectivity index (χ0n) is 18.4. The van der Waals surface area contributed by atoms with E-state index in [1.54, 1.807) is 0 Å². The predicted molar refractivity (Wildman–Crippen MR) is 116 cm³/mol. The third kappa shape index (κ3) is 6.15. The predicted octanol–water partition coefficient (Wildman–Crippen LogP) is 8.22. The van der Waals surface area contributed by atoms with Crippen molar-refractivity contribution in [3.63, 3.8) is 0 Å².